The molecule has 0 heterocycles. The van der Waals surface area contributed by atoms with Gasteiger partial charge in [-0.2, -0.15) is 5.10 Å². The second-order valence-corrected chi connectivity index (χ2v) is 6.66. The monoisotopic (exact) mass is 403 g/mol. The van der Waals surface area contributed by atoms with E-state index >= 15 is 0 Å². The molecule has 0 bridgehead atoms. The van der Waals surface area contributed by atoms with Crippen LogP contribution in [-0.4, -0.2) is 24.6 Å². The van der Waals surface area contributed by atoms with Gasteiger partial charge in [0.25, 0.3) is 0 Å². The number of para-hydroxylation sites is 1. The van der Waals surface area contributed by atoms with Crippen molar-refractivity contribution in [3.63, 3.8) is 0 Å². The Morgan fingerprint density at radius 2 is 1.67 bits per heavy atom. The molecular weight excluding hydrogens is 378 g/mol. The van der Waals surface area contributed by atoms with Crippen LogP contribution in [0.1, 0.15) is 31.4 Å². The molecule has 3 aromatic carbocycles. The Morgan fingerprint density at radius 3 is 2.43 bits per heavy atom. The van der Waals surface area contributed by atoms with E-state index in [2.05, 4.69) is 15.8 Å². The second kappa shape index (κ2) is 10.2. The minimum Gasteiger partial charge on any atom is -0.493 e. The van der Waals surface area contributed by atoms with Gasteiger partial charge in [0.1, 0.15) is 12.2 Å². The van der Waals surface area contributed by atoms with E-state index in [1.165, 1.54) is 0 Å². The summed E-state index contributed by atoms with van der Waals surface area (Å²) in [6, 6.07) is 19.1. The molecule has 0 spiro atoms. The first-order chi connectivity index (χ1) is 14.6. The predicted molar refractivity (Wildman–Crippen MR) is 120 cm³/mol. The minimum absolute atomic E-state index is 0.306. The first kappa shape index (κ1) is 21.0. The largest absolute Gasteiger partial charge is 0.493 e. The summed E-state index contributed by atoms with van der Waals surface area (Å²) in [5.41, 5.74) is 5.01. The first-order valence-corrected chi connectivity index (χ1v) is 9.96. The summed E-state index contributed by atoms with van der Waals surface area (Å²) in [6.07, 6.45) is 2.06. The van der Waals surface area contributed by atoms with Crippen molar-refractivity contribution in [1.82, 2.24) is 5.43 Å². The van der Waals surface area contributed by atoms with Crippen molar-refractivity contribution in [1.29, 1.82) is 0 Å². The Kier molecular flexibility index (Phi) is 7.16. The Balaban J connectivity index is 1.62. The van der Waals surface area contributed by atoms with Crippen LogP contribution >= 0.6 is 0 Å². The third-order valence-electron chi connectivity index (χ3n) is 4.60. The van der Waals surface area contributed by atoms with Gasteiger partial charge >= 0.3 is 0 Å². The van der Waals surface area contributed by atoms with Crippen LogP contribution in [0.2, 0.25) is 0 Å². The maximum absolute atomic E-state index is 12.2. The number of hydrogen-bond donors (Lipinski definition) is 2. The van der Waals surface area contributed by atoms with E-state index in [9.17, 15) is 9.59 Å². The molecule has 2 N–H and O–H groups in total. The van der Waals surface area contributed by atoms with Gasteiger partial charge in [0.2, 0.25) is 11.8 Å². The van der Waals surface area contributed by atoms with Gasteiger partial charge in [0.05, 0.1) is 12.8 Å². The molecule has 0 aromatic heterocycles. The maximum Gasteiger partial charge on any atom is 0.249 e. The third kappa shape index (κ3) is 5.23. The molecular formula is C24H25N3O3. The van der Waals surface area contributed by atoms with E-state index in [-0.39, 0.29) is 12.3 Å². The van der Waals surface area contributed by atoms with Crippen LogP contribution in [-0.2, 0) is 16.0 Å². The van der Waals surface area contributed by atoms with Crippen molar-refractivity contribution in [2.45, 2.75) is 26.7 Å². The summed E-state index contributed by atoms with van der Waals surface area (Å²) < 4.78 is 5.67. The number of nitrogens with zero attached hydrogens (tertiary/aromatic N) is 1. The summed E-state index contributed by atoms with van der Waals surface area (Å²) in [6.45, 7) is 4.53. The van der Waals surface area contributed by atoms with Crippen molar-refractivity contribution in [3.05, 3.63) is 71.8 Å². The smallest absolute Gasteiger partial charge is 0.249 e. The van der Waals surface area contributed by atoms with Crippen LogP contribution in [0.15, 0.2) is 65.8 Å². The highest BCUT2D eigenvalue weighted by molar-refractivity contribution is 6.05. The summed E-state index contributed by atoms with van der Waals surface area (Å²) in [5, 5.41) is 8.74. The number of anilines is 1. The first-order valence-electron chi connectivity index (χ1n) is 9.96. The molecule has 0 aliphatic heterocycles. The lowest BCUT2D eigenvalue weighted by molar-refractivity contribution is -0.126. The molecule has 3 aromatic rings. The van der Waals surface area contributed by atoms with E-state index in [0.717, 1.165) is 39.8 Å². The number of hydrogen-bond acceptors (Lipinski definition) is 4. The van der Waals surface area contributed by atoms with Crippen LogP contribution in [0.5, 0.6) is 5.75 Å². The quantitative estimate of drug-likeness (QED) is 0.335. The van der Waals surface area contributed by atoms with Gasteiger partial charge in [-0.1, -0.05) is 49.4 Å². The number of benzene rings is 3. The summed E-state index contributed by atoms with van der Waals surface area (Å²) in [5.74, 6) is -0.0543. The van der Waals surface area contributed by atoms with Gasteiger partial charge < -0.3 is 10.1 Å². The maximum atomic E-state index is 12.2. The summed E-state index contributed by atoms with van der Waals surface area (Å²) in [7, 11) is 0. The van der Waals surface area contributed by atoms with E-state index in [1.54, 1.807) is 6.21 Å². The summed E-state index contributed by atoms with van der Waals surface area (Å²) in [4.78, 5) is 24.2. The van der Waals surface area contributed by atoms with Crippen LogP contribution in [0.25, 0.3) is 10.8 Å². The van der Waals surface area contributed by atoms with Gasteiger partial charge in [-0.3, -0.25) is 9.59 Å². The van der Waals surface area contributed by atoms with Crippen LogP contribution in [0, 0.1) is 0 Å². The Hall–Kier alpha value is -3.67. The molecule has 30 heavy (non-hydrogen) atoms. The number of carbonyl (C=O) groups is 2. The van der Waals surface area contributed by atoms with Gasteiger partial charge in [-0.15, -0.1) is 0 Å². The summed E-state index contributed by atoms with van der Waals surface area (Å²) >= 11 is 0. The molecule has 6 heteroatoms. The highest BCUT2D eigenvalue weighted by atomic mass is 16.5. The molecule has 0 atom stereocenters. The normalized spacial score (nSPS) is 10.9. The number of nitrogens with one attached hydrogen (secondary N) is 2. The van der Waals surface area contributed by atoms with E-state index in [0.29, 0.717) is 6.61 Å². The van der Waals surface area contributed by atoms with E-state index < -0.39 is 5.91 Å². The molecule has 6 nitrogen and oxygen atoms in total. The molecule has 0 unspecified atom stereocenters. The number of amides is 2. The molecule has 0 saturated carbocycles. The average Bonchev–Trinajstić information content (AvgIpc) is 2.75. The topological polar surface area (TPSA) is 79.8 Å². The number of ether oxygens (including phenoxy) is 1. The molecule has 0 radical (unpaired) electrons. The number of hydrazone groups is 1. The zero-order valence-electron chi connectivity index (χ0n) is 17.1. The average molecular weight is 403 g/mol. The van der Waals surface area contributed by atoms with Gasteiger partial charge in [-0.25, -0.2) is 5.43 Å². The Bertz CT molecular complexity index is 1080. The SMILES string of the molecule is CCOc1ccc(C=NNC(=O)CC(=O)Nc2ccccc2CC)c2ccccc12. The van der Waals surface area contributed by atoms with Gasteiger partial charge in [-0.05, 0) is 42.5 Å². The zero-order chi connectivity index (χ0) is 21.3. The molecule has 0 fully saturated rings. The van der Waals surface area contributed by atoms with Gasteiger partial charge in [0, 0.05) is 16.6 Å². The lowest BCUT2D eigenvalue weighted by Gasteiger charge is -2.09. The molecule has 0 aliphatic rings. The van der Waals surface area contributed by atoms with Crippen LogP contribution < -0.4 is 15.5 Å². The van der Waals surface area contributed by atoms with Crippen molar-refractivity contribution in [2.75, 3.05) is 11.9 Å². The number of carbonyl (C=O) groups excluding carboxylic acids is 2. The van der Waals surface area contributed by atoms with Crippen molar-refractivity contribution >= 4 is 34.5 Å². The predicted octanol–water partition coefficient (Wildman–Crippen LogP) is 4.28. The third-order valence-corrected chi connectivity index (χ3v) is 4.60. The Morgan fingerprint density at radius 1 is 0.933 bits per heavy atom. The lowest BCUT2D eigenvalue weighted by Crippen LogP contribution is -2.25. The van der Waals surface area contributed by atoms with E-state index in [4.69, 9.17) is 4.74 Å². The highest BCUT2D eigenvalue weighted by Crippen LogP contribution is 2.27. The number of rotatable bonds is 8. The fraction of sp³-hybridized carbons (Fsp3) is 0.208. The fourth-order valence-corrected chi connectivity index (χ4v) is 3.19. The van der Waals surface area contributed by atoms with Crippen LogP contribution in [0.3, 0.4) is 0 Å². The zero-order valence-corrected chi connectivity index (χ0v) is 17.1. The van der Waals surface area contributed by atoms with Gasteiger partial charge in [0.15, 0.2) is 0 Å². The molecule has 0 saturated heterocycles. The molecule has 2 amide bonds. The van der Waals surface area contributed by atoms with Crippen molar-refractivity contribution in [3.8, 4) is 5.75 Å². The second-order valence-electron chi connectivity index (χ2n) is 6.66. The standard InChI is InChI=1S/C24H25N3O3/c1-3-17-9-5-8-12-21(17)26-23(28)15-24(29)27-25-16-18-13-14-22(30-4-2)20-11-7-6-10-19(18)20/h5-14,16H,3-4,15H2,1-2H3,(H,26,28)(H,27,29). The van der Waals surface area contributed by atoms with E-state index in [1.807, 2.05) is 74.5 Å². The molecule has 154 valence electrons. The highest BCUT2D eigenvalue weighted by Gasteiger charge is 2.11. The lowest BCUT2D eigenvalue weighted by atomic mass is 10.0. The Labute approximate surface area is 175 Å². The number of aryl methyl sites for hydroxylation is 1. The van der Waals surface area contributed by atoms with Crippen molar-refractivity contribution in [2.24, 2.45) is 5.10 Å². The fourth-order valence-electron chi connectivity index (χ4n) is 3.19. The molecule has 0 aliphatic carbocycles. The minimum atomic E-state index is -0.479. The molecule has 3 rings (SSSR count). The number of fused-ring (bicyclic) bond motifs is 1. The van der Waals surface area contributed by atoms with Crippen LogP contribution in [0.4, 0.5) is 5.69 Å². The van der Waals surface area contributed by atoms with Crippen molar-refractivity contribution < 1.29 is 14.3 Å².